The van der Waals surface area contributed by atoms with Crippen LogP contribution in [0.1, 0.15) is 40.1 Å². The van der Waals surface area contributed by atoms with Gasteiger partial charge >= 0.3 is 17.8 Å². The third kappa shape index (κ3) is 5.42. The summed E-state index contributed by atoms with van der Waals surface area (Å²) in [6.45, 7) is -0.123. The van der Waals surface area contributed by atoms with Crippen molar-refractivity contribution in [3.8, 4) is 11.1 Å². The second-order valence-corrected chi connectivity index (χ2v) is 9.82. The summed E-state index contributed by atoms with van der Waals surface area (Å²) in [7, 11) is 0. The SMILES string of the molecule is Nc1ccn([C@H]2C[C@H](OC(=O)OCC3c4ccccc4-c4ccccc43)[C@@H](COC(=O)c3ccccc3)O2)c(=O)n1. The topological polar surface area (TPSA) is 132 Å². The lowest BCUT2D eigenvalue weighted by molar-refractivity contribution is -0.0630. The minimum Gasteiger partial charge on any atom is -0.459 e. The summed E-state index contributed by atoms with van der Waals surface area (Å²) in [5, 5.41) is 0. The maximum Gasteiger partial charge on any atom is 0.508 e. The minimum absolute atomic E-state index is 0.0732. The Kier molecular flexibility index (Phi) is 7.22. The highest BCUT2D eigenvalue weighted by Crippen LogP contribution is 2.44. The number of carbonyl (C=O) groups is 2. The molecule has 0 amide bonds. The Morgan fingerprint density at radius 1 is 0.878 bits per heavy atom. The number of ether oxygens (including phenoxy) is 4. The fraction of sp³-hybridized carbons (Fsp3) is 0.226. The van der Waals surface area contributed by atoms with Gasteiger partial charge in [-0.1, -0.05) is 66.7 Å². The standard InChI is InChI=1S/C31H27N3O7/c32-27-14-15-34(30(36)33-27)28-16-25(26(40-28)18-38-29(35)19-8-2-1-3-9-19)41-31(37)39-17-24-22-12-6-4-10-20(22)21-11-5-7-13-23(21)24/h1-15,24-26,28H,16-18H2,(H2,32,33,36)/t25-,26+,28+/m0/s1. The predicted octanol–water partition coefficient (Wildman–Crippen LogP) is 4.30. The average Bonchev–Trinajstić information content (AvgIpc) is 3.53. The summed E-state index contributed by atoms with van der Waals surface area (Å²) in [6.07, 6.45) is -1.84. The van der Waals surface area contributed by atoms with E-state index in [0.29, 0.717) is 5.56 Å². The molecule has 1 saturated heterocycles. The van der Waals surface area contributed by atoms with Crippen LogP contribution in [0.3, 0.4) is 0 Å². The van der Waals surface area contributed by atoms with Crippen LogP contribution in [-0.2, 0) is 18.9 Å². The summed E-state index contributed by atoms with van der Waals surface area (Å²) in [5.41, 5.74) is 9.75. The molecule has 10 heteroatoms. The number of hydrogen-bond acceptors (Lipinski definition) is 9. The van der Waals surface area contributed by atoms with Crippen molar-refractivity contribution in [1.29, 1.82) is 0 Å². The van der Waals surface area contributed by atoms with Crippen LogP contribution < -0.4 is 11.4 Å². The van der Waals surface area contributed by atoms with Gasteiger partial charge in [0.1, 0.15) is 37.5 Å². The fourth-order valence-corrected chi connectivity index (χ4v) is 5.35. The van der Waals surface area contributed by atoms with E-state index in [9.17, 15) is 14.4 Å². The highest BCUT2D eigenvalue weighted by atomic mass is 16.7. The first-order valence-electron chi connectivity index (χ1n) is 13.2. The highest BCUT2D eigenvalue weighted by Gasteiger charge is 2.41. The molecule has 6 rings (SSSR count). The number of hydrogen-bond donors (Lipinski definition) is 1. The average molecular weight is 554 g/mol. The van der Waals surface area contributed by atoms with Crippen LogP contribution in [0.25, 0.3) is 11.1 Å². The Labute approximate surface area is 235 Å². The number of nitrogens with two attached hydrogens (primary N) is 1. The van der Waals surface area contributed by atoms with Gasteiger partial charge in [0.25, 0.3) is 0 Å². The molecule has 1 aromatic heterocycles. The second-order valence-electron chi connectivity index (χ2n) is 9.82. The number of fused-ring (bicyclic) bond motifs is 3. The summed E-state index contributed by atoms with van der Waals surface area (Å²) in [5.74, 6) is -0.613. The molecule has 208 valence electrons. The van der Waals surface area contributed by atoms with Crippen molar-refractivity contribution in [3.63, 3.8) is 0 Å². The van der Waals surface area contributed by atoms with Gasteiger partial charge in [0.2, 0.25) is 0 Å². The maximum absolute atomic E-state index is 12.9. The van der Waals surface area contributed by atoms with Crippen LogP contribution in [0.4, 0.5) is 10.6 Å². The molecule has 1 fully saturated rings. The zero-order chi connectivity index (χ0) is 28.3. The molecule has 10 nitrogen and oxygen atoms in total. The van der Waals surface area contributed by atoms with Gasteiger partial charge in [0.05, 0.1) is 5.56 Å². The van der Waals surface area contributed by atoms with Gasteiger partial charge in [-0.3, -0.25) is 4.57 Å². The first-order valence-corrected chi connectivity index (χ1v) is 13.2. The van der Waals surface area contributed by atoms with E-state index in [4.69, 9.17) is 24.7 Å². The first-order chi connectivity index (χ1) is 20.0. The number of carbonyl (C=O) groups excluding carboxylic acids is 2. The molecule has 0 saturated carbocycles. The second kappa shape index (κ2) is 11.3. The number of esters is 1. The molecule has 2 heterocycles. The number of anilines is 1. The molecular weight excluding hydrogens is 526 g/mol. The van der Waals surface area contributed by atoms with Crippen molar-refractivity contribution in [3.05, 3.63) is 118 Å². The molecular formula is C31H27N3O7. The Balaban J connectivity index is 1.15. The molecule has 3 aromatic carbocycles. The van der Waals surface area contributed by atoms with Crippen molar-refractivity contribution in [2.45, 2.75) is 30.8 Å². The van der Waals surface area contributed by atoms with E-state index in [0.717, 1.165) is 22.3 Å². The van der Waals surface area contributed by atoms with Gasteiger partial charge < -0.3 is 24.7 Å². The van der Waals surface area contributed by atoms with Gasteiger partial charge in [-0.2, -0.15) is 4.98 Å². The van der Waals surface area contributed by atoms with Crippen LogP contribution in [0.15, 0.2) is 95.9 Å². The molecule has 0 spiro atoms. The number of aromatic nitrogens is 2. The highest BCUT2D eigenvalue weighted by molar-refractivity contribution is 5.89. The van der Waals surface area contributed by atoms with Crippen molar-refractivity contribution in [1.82, 2.24) is 9.55 Å². The largest absolute Gasteiger partial charge is 0.508 e. The lowest BCUT2D eigenvalue weighted by atomic mass is 9.98. The van der Waals surface area contributed by atoms with Crippen molar-refractivity contribution in [2.24, 2.45) is 0 Å². The van der Waals surface area contributed by atoms with E-state index < -0.39 is 36.3 Å². The third-order valence-corrected chi connectivity index (χ3v) is 7.31. The molecule has 2 aliphatic rings. The lowest BCUT2D eigenvalue weighted by Gasteiger charge is -2.19. The smallest absolute Gasteiger partial charge is 0.459 e. The van der Waals surface area contributed by atoms with Crippen molar-refractivity contribution in [2.75, 3.05) is 18.9 Å². The van der Waals surface area contributed by atoms with E-state index in [1.54, 1.807) is 30.3 Å². The first kappa shape index (κ1) is 26.3. The van der Waals surface area contributed by atoms with Gasteiger partial charge in [0, 0.05) is 18.5 Å². The molecule has 2 N–H and O–H groups in total. The minimum atomic E-state index is -0.886. The van der Waals surface area contributed by atoms with Crippen LogP contribution in [0.5, 0.6) is 0 Å². The summed E-state index contributed by atoms with van der Waals surface area (Å²) in [4.78, 5) is 41.6. The quantitative estimate of drug-likeness (QED) is 0.333. The van der Waals surface area contributed by atoms with E-state index in [2.05, 4.69) is 17.1 Å². The van der Waals surface area contributed by atoms with E-state index in [-0.39, 0.29) is 31.4 Å². The lowest BCUT2D eigenvalue weighted by Crippen LogP contribution is -2.32. The molecule has 3 atom stereocenters. The number of nitrogens with zero attached hydrogens (tertiary/aromatic N) is 2. The predicted molar refractivity (Wildman–Crippen MR) is 148 cm³/mol. The van der Waals surface area contributed by atoms with Crippen molar-refractivity contribution >= 4 is 17.9 Å². The maximum atomic E-state index is 12.9. The normalized spacial score (nSPS) is 19.3. The zero-order valence-corrected chi connectivity index (χ0v) is 21.9. The van der Waals surface area contributed by atoms with Crippen LogP contribution in [0, 0.1) is 0 Å². The van der Waals surface area contributed by atoms with Crippen molar-refractivity contribution < 1.29 is 28.5 Å². The van der Waals surface area contributed by atoms with E-state index in [1.807, 2.05) is 36.4 Å². The Bertz CT molecular complexity index is 1590. The van der Waals surface area contributed by atoms with E-state index in [1.165, 1.54) is 16.8 Å². The van der Waals surface area contributed by atoms with Gasteiger partial charge in [-0.25, -0.2) is 14.4 Å². The Morgan fingerprint density at radius 3 is 2.22 bits per heavy atom. The molecule has 41 heavy (non-hydrogen) atoms. The molecule has 1 aliphatic carbocycles. The van der Waals surface area contributed by atoms with Crippen LogP contribution in [0.2, 0.25) is 0 Å². The summed E-state index contributed by atoms with van der Waals surface area (Å²) < 4.78 is 24.0. The molecule has 0 unspecified atom stereocenters. The number of benzene rings is 3. The Morgan fingerprint density at radius 2 is 1.54 bits per heavy atom. The monoisotopic (exact) mass is 553 g/mol. The van der Waals surface area contributed by atoms with E-state index >= 15 is 0 Å². The molecule has 4 aromatic rings. The van der Waals surface area contributed by atoms with Gasteiger partial charge in [-0.05, 0) is 40.5 Å². The Hall–Kier alpha value is -4.96. The zero-order valence-electron chi connectivity index (χ0n) is 21.9. The number of rotatable bonds is 7. The van der Waals surface area contributed by atoms with Gasteiger partial charge in [-0.15, -0.1) is 0 Å². The fourth-order valence-electron chi connectivity index (χ4n) is 5.35. The van der Waals surface area contributed by atoms with Crippen LogP contribution in [-0.4, -0.2) is 47.1 Å². The third-order valence-electron chi connectivity index (χ3n) is 7.31. The molecule has 0 bridgehead atoms. The summed E-state index contributed by atoms with van der Waals surface area (Å²) >= 11 is 0. The summed E-state index contributed by atoms with van der Waals surface area (Å²) in [6, 6.07) is 26.0. The van der Waals surface area contributed by atoms with Gasteiger partial charge in [0.15, 0.2) is 0 Å². The number of nitrogen functional groups attached to an aromatic ring is 1. The molecule has 1 aliphatic heterocycles. The van der Waals surface area contributed by atoms with Crippen LogP contribution >= 0.6 is 0 Å². The molecule has 0 radical (unpaired) electrons.